The number of hydrogen-bond acceptors (Lipinski definition) is 2. The highest BCUT2D eigenvalue weighted by molar-refractivity contribution is 7.81. The number of nitrogens with one attached hydrogen (secondary N) is 1. The standard InChI is InChI=1S/C13H12N2S/c14-11-8-6-10(7-9-11)13(16)15-12-4-2-1-3-5-12/h1-9H,14H2,(H,15,16). The minimum atomic E-state index is 0.700. The number of benzene rings is 2. The molecule has 0 aliphatic rings. The highest BCUT2D eigenvalue weighted by Gasteiger charge is 2.00. The van der Waals surface area contributed by atoms with Gasteiger partial charge in [-0.15, -0.1) is 0 Å². The van der Waals surface area contributed by atoms with E-state index in [1.54, 1.807) is 0 Å². The van der Waals surface area contributed by atoms with Crippen molar-refractivity contribution < 1.29 is 0 Å². The van der Waals surface area contributed by atoms with E-state index in [0.717, 1.165) is 16.9 Å². The Morgan fingerprint density at radius 3 is 2.19 bits per heavy atom. The topological polar surface area (TPSA) is 38.0 Å². The van der Waals surface area contributed by atoms with Crippen molar-refractivity contribution in [1.29, 1.82) is 0 Å². The Kier molecular flexibility index (Phi) is 3.17. The van der Waals surface area contributed by atoms with Crippen molar-refractivity contribution >= 4 is 28.6 Å². The summed E-state index contributed by atoms with van der Waals surface area (Å²) in [6, 6.07) is 17.4. The molecule has 3 heteroatoms. The van der Waals surface area contributed by atoms with Crippen LogP contribution in [0.25, 0.3) is 0 Å². The molecule has 0 fully saturated rings. The fraction of sp³-hybridized carbons (Fsp3) is 0. The second kappa shape index (κ2) is 4.77. The third-order valence-corrected chi connectivity index (χ3v) is 2.54. The molecular formula is C13H12N2S. The minimum absolute atomic E-state index is 0.700. The lowest BCUT2D eigenvalue weighted by Crippen LogP contribution is -2.10. The summed E-state index contributed by atoms with van der Waals surface area (Å²) in [5, 5.41) is 3.17. The second-order valence-electron chi connectivity index (χ2n) is 3.44. The fourth-order valence-electron chi connectivity index (χ4n) is 1.36. The zero-order chi connectivity index (χ0) is 11.4. The molecule has 0 heterocycles. The molecule has 80 valence electrons. The summed E-state index contributed by atoms with van der Waals surface area (Å²) in [4.78, 5) is 0.700. The smallest absolute Gasteiger partial charge is 0.110 e. The molecule has 0 aliphatic carbocycles. The molecule has 0 atom stereocenters. The van der Waals surface area contributed by atoms with Crippen molar-refractivity contribution in [1.82, 2.24) is 0 Å². The van der Waals surface area contributed by atoms with E-state index in [0.29, 0.717) is 4.99 Å². The van der Waals surface area contributed by atoms with E-state index in [1.165, 1.54) is 0 Å². The van der Waals surface area contributed by atoms with Crippen LogP contribution in [0.1, 0.15) is 5.56 Å². The van der Waals surface area contributed by atoms with Gasteiger partial charge in [0.05, 0.1) is 0 Å². The average Bonchev–Trinajstić information content (AvgIpc) is 2.31. The van der Waals surface area contributed by atoms with Gasteiger partial charge < -0.3 is 11.1 Å². The molecule has 3 N–H and O–H groups in total. The highest BCUT2D eigenvalue weighted by atomic mass is 32.1. The van der Waals surface area contributed by atoms with Crippen molar-refractivity contribution in [2.45, 2.75) is 0 Å². The van der Waals surface area contributed by atoms with Gasteiger partial charge in [0.2, 0.25) is 0 Å². The Hall–Kier alpha value is -1.87. The van der Waals surface area contributed by atoms with Crippen LogP contribution in [0.4, 0.5) is 11.4 Å². The van der Waals surface area contributed by atoms with Crippen molar-refractivity contribution in [3.8, 4) is 0 Å². The largest absolute Gasteiger partial charge is 0.399 e. The second-order valence-corrected chi connectivity index (χ2v) is 3.85. The lowest BCUT2D eigenvalue weighted by atomic mass is 10.2. The summed E-state index contributed by atoms with van der Waals surface area (Å²) in [7, 11) is 0. The molecule has 0 radical (unpaired) electrons. The van der Waals surface area contributed by atoms with Crippen molar-refractivity contribution in [3.63, 3.8) is 0 Å². The molecule has 0 saturated carbocycles. The van der Waals surface area contributed by atoms with Gasteiger partial charge in [-0.1, -0.05) is 30.4 Å². The Balaban J connectivity index is 2.12. The molecule has 0 amide bonds. The first kappa shape index (κ1) is 10.6. The van der Waals surface area contributed by atoms with E-state index in [9.17, 15) is 0 Å². The van der Waals surface area contributed by atoms with Gasteiger partial charge in [0.15, 0.2) is 0 Å². The molecule has 16 heavy (non-hydrogen) atoms. The first-order valence-electron chi connectivity index (χ1n) is 4.97. The fourth-order valence-corrected chi connectivity index (χ4v) is 1.61. The van der Waals surface area contributed by atoms with E-state index in [-0.39, 0.29) is 0 Å². The Bertz CT molecular complexity index is 477. The summed E-state index contributed by atoms with van der Waals surface area (Å²) >= 11 is 5.29. The van der Waals surface area contributed by atoms with Crippen LogP contribution in [0.15, 0.2) is 54.6 Å². The number of anilines is 2. The van der Waals surface area contributed by atoms with Gasteiger partial charge in [0, 0.05) is 16.9 Å². The molecule has 2 nitrogen and oxygen atoms in total. The van der Waals surface area contributed by atoms with Crippen LogP contribution in [0, 0.1) is 0 Å². The first-order valence-corrected chi connectivity index (χ1v) is 5.38. The van der Waals surface area contributed by atoms with Crippen LogP contribution in [0.2, 0.25) is 0 Å². The lowest BCUT2D eigenvalue weighted by Gasteiger charge is -2.07. The first-order chi connectivity index (χ1) is 7.75. The zero-order valence-electron chi connectivity index (χ0n) is 8.68. The van der Waals surface area contributed by atoms with E-state index >= 15 is 0 Å². The highest BCUT2D eigenvalue weighted by Crippen LogP contribution is 2.11. The van der Waals surface area contributed by atoms with E-state index < -0.39 is 0 Å². The number of nitrogen functional groups attached to an aromatic ring is 1. The van der Waals surface area contributed by atoms with Crippen LogP contribution in [0.5, 0.6) is 0 Å². The molecular weight excluding hydrogens is 216 g/mol. The van der Waals surface area contributed by atoms with E-state index in [1.807, 2.05) is 54.6 Å². The number of thiocarbonyl (C=S) groups is 1. The molecule has 2 rings (SSSR count). The Labute approximate surface area is 100 Å². The summed E-state index contributed by atoms with van der Waals surface area (Å²) in [5.41, 5.74) is 8.31. The molecule has 0 spiro atoms. The monoisotopic (exact) mass is 228 g/mol. The zero-order valence-corrected chi connectivity index (χ0v) is 9.50. The molecule has 2 aromatic carbocycles. The van der Waals surface area contributed by atoms with Gasteiger partial charge >= 0.3 is 0 Å². The SMILES string of the molecule is Nc1ccc(C(=S)Nc2ccccc2)cc1. The number of rotatable bonds is 2. The van der Waals surface area contributed by atoms with Gasteiger partial charge in [-0.2, -0.15) is 0 Å². The maximum Gasteiger partial charge on any atom is 0.110 e. The van der Waals surface area contributed by atoms with Crippen LogP contribution in [-0.2, 0) is 0 Å². The van der Waals surface area contributed by atoms with E-state index in [2.05, 4.69) is 5.32 Å². The number of nitrogens with two attached hydrogens (primary N) is 1. The molecule has 0 saturated heterocycles. The third-order valence-electron chi connectivity index (χ3n) is 2.20. The number of para-hydroxylation sites is 1. The molecule has 0 aliphatic heterocycles. The van der Waals surface area contributed by atoms with Crippen molar-refractivity contribution in [2.24, 2.45) is 0 Å². The van der Waals surface area contributed by atoms with Crippen LogP contribution >= 0.6 is 12.2 Å². The van der Waals surface area contributed by atoms with Crippen LogP contribution in [0.3, 0.4) is 0 Å². The summed E-state index contributed by atoms with van der Waals surface area (Å²) < 4.78 is 0. The summed E-state index contributed by atoms with van der Waals surface area (Å²) in [6.07, 6.45) is 0. The van der Waals surface area contributed by atoms with Crippen molar-refractivity contribution in [3.05, 3.63) is 60.2 Å². The Morgan fingerprint density at radius 1 is 0.938 bits per heavy atom. The summed E-state index contributed by atoms with van der Waals surface area (Å²) in [6.45, 7) is 0. The van der Waals surface area contributed by atoms with Crippen LogP contribution in [-0.4, -0.2) is 4.99 Å². The quantitative estimate of drug-likeness (QED) is 0.613. The van der Waals surface area contributed by atoms with Crippen molar-refractivity contribution in [2.75, 3.05) is 11.1 Å². The molecule has 0 aromatic heterocycles. The minimum Gasteiger partial charge on any atom is -0.399 e. The average molecular weight is 228 g/mol. The normalized spacial score (nSPS) is 9.75. The maximum absolute atomic E-state index is 5.62. The summed E-state index contributed by atoms with van der Waals surface area (Å²) in [5.74, 6) is 0. The van der Waals surface area contributed by atoms with Gasteiger partial charge in [-0.3, -0.25) is 0 Å². The Morgan fingerprint density at radius 2 is 1.56 bits per heavy atom. The molecule has 0 unspecified atom stereocenters. The van der Waals surface area contributed by atoms with Gasteiger partial charge in [-0.05, 0) is 36.4 Å². The predicted molar refractivity (Wildman–Crippen MR) is 72.6 cm³/mol. The van der Waals surface area contributed by atoms with Gasteiger partial charge in [0.25, 0.3) is 0 Å². The van der Waals surface area contributed by atoms with E-state index in [4.69, 9.17) is 18.0 Å². The van der Waals surface area contributed by atoms with Crippen LogP contribution < -0.4 is 11.1 Å². The predicted octanol–water partition coefficient (Wildman–Crippen LogP) is 3.06. The van der Waals surface area contributed by atoms with Gasteiger partial charge in [-0.25, -0.2) is 0 Å². The van der Waals surface area contributed by atoms with Gasteiger partial charge in [0.1, 0.15) is 4.99 Å². The maximum atomic E-state index is 5.62. The third kappa shape index (κ3) is 2.58. The number of hydrogen-bond donors (Lipinski definition) is 2. The molecule has 0 bridgehead atoms. The lowest BCUT2D eigenvalue weighted by molar-refractivity contribution is 1.60. The molecule has 2 aromatic rings.